The lowest BCUT2D eigenvalue weighted by atomic mass is 9.96. The summed E-state index contributed by atoms with van der Waals surface area (Å²) >= 11 is 1.61. The highest BCUT2D eigenvalue weighted by Crippen LogP contribution is 2.20. The van der Waals surface area contributed by atoms with Gasteiger partial charge in [-0.25, -0.2) is 9.18 Å². The van der Waals surface area contributed by atoms with Crippen LogP contribution in [0.25, 0.3) is 0 Å². The molecular weight excluding hydrogens is 453 g/mol. The van der Waals surface area contributed by atoms with E-state index >= 15 is 0 Å². The molecule has 6 nitrogen and oxygen atoms in total. The van der Waals surface area contributed by atoms with Crippen molar-refractivity contribution in [3.8, 4) is 0 Å². The summed E-state index contributed by atoms with van der Waals surface area (Å²) in [6.07, 6.45) is 6.09. The highest BCUT2D eigenvalue weighted by molar-refractivity contribution is 7.10. The number of halogens is 1. The Morgan fingerprint density at radius 3 is 2.47 bits per heavy atom. The second kappa shape index (κ2) is 13.4. The average Bonchev–Trinajstić information content (AvgIpc) is 3.24. The first-order chi connectivity index (χ1) is 16.5. The predicted octanol–water partition coefficient (Wildman–Crippen LogP) is 5.11. The van der Waals surface area contributed by atoms with Crippen molar-refractivity contribution in [3.63, 3.8) is 0 Å². The molecule has 0 atom stereocenters. The van der Waals surface area contributed by atoms with Crippen molar-refractivity contribution >= 4 is 23.3 Å². The zero-order valence-electron chi connectivity index (χ0n) is 20.2. The van der Waals surface area contributed by atoms with Crippen molar-refractivity contribution < 1.29 is 18.7 Å². The van der Waals surface area contributed by atoms with Gasteiger partial charge in [0, 0.05) is 37.7 Å². The Morgan fingerprint density at radius 1 is 1.09 bits per heavy atom. The van der Waals surface area contributed by atoms with E-state index in [4.69, 9.17) is 4.74 Å². The van der Waals surface area contributed by atoms with Gasteiger partial charge in [-0.15, -0.1) is 11.3 Å². The van der Waals surface area contributed by atoms with E-state index < -0.39 is 0 Å². The third kappa shape index (κ3) is 8.09. The van der Waals surface area contributed by atoms with Crippen LogP contribution in [0.1, 0.15) is 54.5 Å². The van der Waals surface area contributed by atoms with Gasteiger partial charge in [0.15, 0.2) is 0 Å². The topological polar surface area (TPSA) is 61.9 Å². The summed E-state index contributed by atoms with van der Waals surface area (Å²) in [5, 5.41) is 5.15. The first kappa shape index (κ1) is 26.2. The number of methoxy groups -OCH3 is 1. The second-order valence-corrected chi connectivity index (χ2v) is 9.96. The van der Waals surface area contributed by atoms with Crippen LogP contribution < -0.4 is 5.32 Å². The van der Waals surface area contributed by atoms with E-state index in [9.17, 15) is 14.0 Å². The number of amides is 3. The van der Waals surface area contributed by atoms with E-state index in [0.717, 1.165) is 41.7 Å². The van der Waals surface area contributed by atoms with E-state index in [0.29, 0.717) is 32.7 Å². The molecule has 0 radical (unpaired) electrons. The van der Waals surface area contributed by atoms with E-state index in [1.54, 1.807) is 40.4 Å². The molecule has 0 saturated heterocycles. The summed E-state index contributed by atoms with van der Waals surface area (Å²) in [7, 11) is 1.63. The minimum Gasteiger partial charge on any atom is -0.385 e. The van der Waals surface area contributed by atoms with Gasteiger partial charge in [0.05, 0.1) is 6.54 Å². The molecule has 1 aromatic heterocycles. The van der Waals surface area contributed by atoms with Crippen molar-refractivity contribution in [3.05, 3.63) is 57.5 Å². The number of hydrogen-bond acceptors (Lipinski definition) is 4. The fourth-order valence-electron chi connectivity index (χ4n) is 4.21. The normalized spacial score (nSPS) is 14.1. The van der Waals surface area contributed by atoms with E-state index in [-0.39, 0.29) is 30.3 Å². The molecule has 1 aliphatic rings. The van der Waals surface area contributed by atoms with Crippen LogP contribution in [0.3, 0.4) is 0 Å². The number of carbonyl (C=O) groups excluding carboxylic acids is 2. The van der Waals surface area contributed by atoms with Gasteiger partial charge in [0.1, 0.15) is 12.4 Å². The van der Waals surface area contributed by atoms with Crippen LogP contribution in [-0.4, -0.2) is 54.6 Å². The maximum Gasteiger partial charge on any atom is 0.318 e. The Morgan fingerprint density at radius 2 is 1.82 bits per heavy atom. The Balaban J connectivity index is 1.72. The van der Waals surface area contributed by atoms with Crippen LogP contribution in [0.15, 0.2) is 35.7 Å². The Bertz CT molecular complexity index is 912. The molecule has 1 fully saturated rings. The zero-order chi connectivity index (χ0) is 24.3. The van der Waals surface area contributed by atoms with Crippen molar-refractivity contribution in [1.82, 2.24) is 15.1 Å². The number of carbonyl (C=O) groups is 2. The van der Waals surface area contributed by atoms with E-state index in [1.807, 2.05) is 18.4 Å². The fourth-order valence-corrected chi connectivity index (χ4v) is 5.13. The molecule has 186 valence electrons. The van der Waals surface area contributed by atoms with Crippen LogP contribution in [0.5, 0.6) is 0 Å². The van der Waals surface area contributed by atoms with Gasteiger partial charge in [0.2, 0.25) is 5.91 Å². The molecule has 3 amide bonds. The molecular formula is C26H36FN3O3S. The SMILES string of the molecule is COCCCN(CC(=O)N(Cc1ccc(F)cc1)Cc1sccc1C)C(=O)NC1CCCCC1. The molecule has 1 aliphatic carbocycles. The minimum atomic E-state index is -0.306. The van der Waals surface area contributed by atoms with Crippen molar-refractivity contribution in [2.24, 2.45) is 0 Å². The number of urea groups is 1. The second-order valence-electron chi connectivity index (χ2n) is 8.96. The number of aryl methyl sites for hydroxylation is 1. The lowest BCUT2D eigenvalue weighted by molar-refractivity contribution is -0.133. The van der Waals surface area contributed by atoms with Gasteiger partial charge in [-0.1, -0.05) is 31.4 Å². The van der Waals surface area contributed by atoms with Crippen LogP contribution in [0.4, 0.5) is 9.18 Å². The van der Waals surface area contributed by atoms with Gasteiger partial charge in [-0.05, 0) is 60.9 Å². The average molecular weight is 490 g/mol. The summed E-state index contributed by atoms with van der Waals surface area (Å²) in [6, 6.07) is 8.23. The van der Waals surface area contributed by atoms with Gasteiger partial charge in [-0.2, -0.15) is 0 Å². The molecule has 1 N–H and O–H groups in total. The Hall–Kier alpha value is -2.45. The fraction of sp³-hybridized carbons (Fsp3) is 0.538. The monoisotopic (exact) mass is 489 g/mol. The van der Waals surface area contributed by atoms with E-state index in [2.05, 4.69) is 5.32 Å². The Labute approximate surface area is 206 Å². The van der Waals surface area contributed by atoms with Crippen molar-refractivity contribution in [2.45, 2.75) is 64.6 Å². The zero-order valence-corrected chi connectivity index (χ0v) is 21.0. The van der Waals surface area contributed by atoms with Gasteiger partial charge < -0.3 is 19.9 Å². The summed E-state index contributed by atoms with van der Waals surface area (Å²) in [6.45, 7) is 3.80. The van der Waals surface area contributed by atoms with Gasteiger partial charge >= 0.3 is 6.03 Å². The largest absolute Gasteiger partial charge is 0.385 e. The van der Waals surface area contributed by atoms with Crippen LogP contribution in [-0.2, 0) is 22.6 Å². The number of ether oxygens (including phenoxy) is 1. The number of nitrogens with one attached hydrogen (secondary N) is 1. The summed E-state index contributed by atoms with van der Waals surface area (Å²) in [4.78, 5) is 31.1. The third-order valence-corrected chi connectivity index (χ3v) is 7.27. The first-order valence-electron chi connectivity index (χ1n) is 12.1. The molecule has 8 heteroatoms. The number of nitrogens with zero attached hydrogens (tertiary/aromatic N) is 2. The molecule has 0 spiro atoms. The number of benzene rings is 1. The van der Waals surface area contributed by atoms with Crippen LogP contribution >= 0.6 is 11.3 Å². The predicted molar refractivity (Wildman–Crippen MR) is 133 cm³/mol. The van der Waals surface area contributed by atoms with Crippen LogP contribution in [0.2, 0.25) is 0 Å². The molecule has 2 aromatic rings. The van der Waals surface area contributed by atoms with Crippen molar-refractivity contribution in [1.29, 1.82) is 0 Å². The molecule has 0 aliphatic heterocycles. The molecule has 1 aromatic carbocycles. The molecule has 0 bridgehead atoms. The maximum atomic E-state index is 13.5. The maximum absolute atomic E-state index is 13.5. The lowest BCUT2D eigenvalue weighted by Crippen LogP contribution is -2.49. The quantitative estimate of drug-likeness (QED) is 0.447. The third-order valence-electron chi connectivity index (χ3n) is 6.26. The summed E-state index contributed by atoms with van der Waals surface area (Å²) < 4.78 is 18.6. The molecule has 1 heterocycles. The smallest absolute Gasteiger partial charge is 0.318 e. The molecule has 0 unspecified atom stereocenters. The van der Waals surface area contributed by atoms with E-state index in [1.165, 1.54) is 18.6 Å². The highest BCUT2D eigenvalue weighted by atomic mass is 32.1. The van der Waals surface area contributed by atoms with Crippen LogP contribution in [0, 0.1) is 12.7 Å². The molecule has 1 saturated carbocycles. The molecule has 3 rings (SSSR count). The van der Waals surface area contributed by atoms with Crippen molar-refractivity contribution in [2.75, 3.05) is 26.8 Å². The Kier molecular flexibility index (Phi) is 10.3. The number of rotatable bonds is 11. The lowest BCUT2D eigenvalue weighted by Gasteiger charge is -2.30. The summed E-state index contributed by atoms with van der Waals surface area (Å²) in [5.41, 5.74) is 1.98. The minimum absolute atomic E-state index is 0.00607. The number of hydrogen-bond donors (Lipinski definition) is 1. The summed E-state index contributed by atoms with van der Waals surface area (Å²) in [5.74, 6) is -0.437. The highest BCUT2D eigenvalue weighted by Gasteiger charge is 2.24. The first-order valence-corrected chi connectivity index (χ1v) is 12.9. The standard InChI is InChI=1S/C26H36FN3O3S/c1-20-13-16-34-24(20)18-30(17-21-9-11-22(27)12-10-21)25(31)19-29(14-6-15-33-2)26(32)28-23-7-4-3-5-8-23/h9-13,16,23H,3-8,14-15,17-19H2,1-2H3,(H,28,32). The van der Waals surface area contributed by atoms with Gasteiger partial charge in [0.25, 0.3) is 0 Å². The number of thiophene rings is 1. The van der Waals surface area contributed by atoms with Gasteiger partial charge in [-0.3, -0.25) is 4.79 Å². The molecule has 34 heavy (non-hydrogen) atoms.